The molecule has 4 rings (SSSR count). The predicted molar refractivity (Wildman–Crippen MR) is 97.0 cm³/mol. The quantitative estimate of drug-likeness (QED) is 0.803. The number of carbonyl (C=O) groups is 1. The van der Waals surface area contributed by atoms with Gasteiger partial charge in [-0.05, 0) is 24.3 Å². The Morgan fingerprint density at radius 1 is 1.22 bits per heavy atom. The molecule has 5 nitrogen and oxygen atoms in total. The number of nitrogens with zero attached hydrogens (tertiary/aromatic N) is 3. The predicted octanol–water partition coefficient (Wildman–Crippen LogP) is 4.62. The Balaban J connectivity index is 1.64. The van der Waals surface area contributed by atoms with Crippen molar-refractivity contribution in [1.82, 2.24) is 14.7 Å². The minimum atomic E-state index is -4.43. The smallest absolute Gasteiger partial charge is 0.363 e. The van der Waals surface area contributed by atoms with Crippen LogP contribution in [0.5, 0.6) is 0 Å². The highest BCUT2D eigenvalue weighted by molar-refractivity contribution is 7.10. The van der Waals surface area contributed by atoms with Crippen LogP contribution in [0.1, 0.15) is 59.6 Å². The summed E-state index contributed by atoms with van der Waals surface area (Å²) in [5.41, 5.74) is 0.0838. The van der Waals surface area contributed by atoms with Crippen molar-refractivity contribution < 1.29 is 18.0 Å². The molecule has 9 heteroatoms. The van der Waals surface area contributed by atoms with E-state index in [9.17, 15) is 18.0 Å². The zero-order valence-electron chi connectivity index (χ0n) is 14.7. The average Bonchev–Trinajstić information content (AvgIpc) is 3.23. The second-order valence-electron chi connectivity index (χ2n) is 7.07. The van der Waals surface area contributed by atoms with Crippen LogP contribution in [0.3, 0.4) is 0 Å². The summed E-state index contributed by atoms with van der Waals surface area (Å²) in [6.07, 6.45) is -0.586. The molecule has 0 spiro atoms. The fraction of sp³-hybridized carbons (Fsp3) is 0.556. The summed E-state index contributed by atoms with van der Waals surface area (Å²) >= 11 is 1.42. The largest absolute Gasteiger partial charge is 0.410 e. The van der Waals surface area contributed by atoms with Crippen LogP contribution in [0.2, 0.25) is 0 Å². The van der Waals surface area contributed by atoms with Crippen molar-refractivity contribution in [2.24, 2.45) is 0 Å². The van der Waals surface area contributed by atoms with Crippen LogP contribution in [0.25, 0.3) is 0 Å². The molecule has 1 fully saturated rings. The average molecular weight is 398 g/mol. The standard InChI is InChI=1S/C18H21F3N4OS/c19-18(20,21)15-10-12(14-6-5-9-27-14)22-16-11-13(23-25(15)16)17(26)24-7-3-1-2-4-8-24/h5-6,9,11-12,15,22H,1-4,7-8,10H2/t12-,15-/m1/s1. The van der Waals surface area contributed by atoms with Crippen molar-refractivity contribution in [3.05, 3.63) is 34.2 Å². The van der Waals surface area contributed by atoms with E-state index in [0.29, 0.717) is 13.1 Å². The molecule has 2 aromatic heterocycles. The number of thiophene rings is 1. The first-order valence-corrected chi connectivity index (χ1v) is 10.1. The highest BCUT2D eigenvalue weighted by Crippen LogP contribution is 2.44. The summed E-state index contributed by atoms with van der Waals surface area (Å²) in [5.74, 6) is -0.0330. The number of carbonyl (C=O) groups excluding carboxylic acids is 1. The van der Waals surface area contributed by atoms with Crippen molar-refractivity contribution in [2.75, 3.05) is 18.4 Å². The highest BCUT2D eigenvalue weighted by Gasteiger charge is 2.47. The third kappa shape index (κ3) is 3.69. The fourth-order valence-electron chi connectivity index (χ4n) is 3.79. The lowest BCUT2D eigenvalue weighted by Gasteiger charge is -2.32. The normalized spacial score (nSPS) is 23.4. The Hall–Kier alpha value is -2.03. The van der Waals surface area contributed by atoms with Crippen LogP contribution < -0.4 is 5.32 Å². The van der Waals surface area contributed by atoms with E-state index in [1.807, 2.05) is 17.5 Å². The molecule has 0 bridgehead atoms. The Bertz CT molecular complexity index is 794. The van der Waals surface area contributed by atoms with Crippen molar-refractivity contribution in [3.8, 4) is 0 Å². The van der Waals surface area contributed by atoms with Gasteiger partial charge in [0.15, 0.2) is 11.7 Å². The summed E-state index contributed by atoms with van der Waals surface area (Å²) in [4.78, 5) is 15.3. The van der Waals surface area contributed by atoms with E-state index < -0.39 is 18.3 Å². The van der Waals surface area contributed by atoms with E-state index in [0.717, 1.165) is 35.2 Å². The summed E-state index contributed by atoms with van der Waals surface area (Å²) in [5, 5.41) is 9.05. The van der Waals surface area contributed by atoms with E-state index in [-0.39, 0.29) is 23.8 Å². The highest BCUT2D eigenvalue weighted by atomic mass is 32.1. The maximum Gasteiger partial charge on any atom is 0.410 e. The summed E-state index contributed by atoms with van der Waals surface area (Å²) in [6.45, 7) is 1.27. The Morgan fingerprint density at radius 2 is 1.96 bits per heavy atom. The molecule has 27 heavy (non-hydrogen) atoms. The van der Waals surface area contributed by atoms with Gasteiger partial charge in [0.05, 0.1) is 6.04 Å². The van der Waals surface area contributed by atoms with E-state index in [1.54, 1.807) is 4.90 Å². The first kappa shape index (κ1) is 18.3. The summed E-state index contributed by atoms with van der Waals surface area (Å²) in [7, 11) is 0. The molecular weight excluding hydrogens is 377 g/mol. The van der Waals surface area contributed by atoms with Gasteiger partial charge < -0.3 is 10.2 Å². The van der Waals surface area contributed by atoms with Crippen LogP contribution in [0.4, 0.5) is 19.0 Å². The Kier molecular flexibility index (Phi) is 4.88. The third-order valence-corrected chi connectivity index (χ3v) is 6.17. The molecule has 2 atom stereocenters. The minimum absolute atomic E-state index is 0.0838. The van der Waals surface area contributed by atoms with Crippen LogP contribution in [-0.4, -0.2) is 39.9 Å². The number of amides is 1. The fourth-order valence-corrected chi connectivity index (χ4v) is 4.58. The Morgan fingerprint density at radius 3 is 2.59 bits per heavy atom. The van der Waals surface area contributed by atoms with E-state index >= 15 is 0 Å². The van der Waals surface area contributed by atoms with Gasteiger partial charge in [0.2, 0.25) is 0 Å². The number of rotatable bonds is 2. The molecule has 0 radical (unpaired) electrons. The minimum Gasteiger partial charge on any atom is -0.363 e. The van der Waals surface area contributed by atoms with Gasteiger partial charge >= 0.3 is 6.18 Å². The summed E-state index contributed by atoms with van der Waals surface area (Å²) < 4.78 is 42.0. The molecule has 4 heterocycles. The van der Waals surface area contributed by atoms with Gasteiger partial charge in [-0.3, -0.25) is 4.79 Å². The molecule has 2 aliphatic rings. The van der Waals surface area contributed by atoms with Crippen molar-refractivity contribution in [3.63, 3.8) is 0 Å². The number of anilines is 1. The van der Waals surface area contributed by atoms with Crippen LogP contribution in [0.15, 0.2) is 23.6 Å². The van der Waals surface area contributed by atoms with Gasteiger partial charge in [-0.15, -0.1) is 11.3 Å². The first-order valence-electron chi connectivity index (χ1n) is 9.19. The first-order chi connectivity index (χ1) is 12.9. The van der Waals surface area contributed by atoms with Crippen LogP contribution in [0, 0.1) is 0 Å². The number of hydrogen-bond donors (Lipinski definition) is 1. The zero-order valence-corrected chi connectivity index (χ0v) is 15.5. The van der Waals surface area contributed by atoms with E-state index in [4.69, 9.17) is 0 Å². The lowest BCUT2D eigenvalue weighted by atomic mass is 10.0. The van der Waals surface area contributed by atoms with E-state index in [1.165, 1.54) is 17.4 Å². The molecular formula is C18H21F3N4OS. The molecule has 2 aromatic rings. The molecule has 0 aliphatic carbocycles. The molecule has 1 amide bonds. The number of aromatic nitrogens is 2. The SMILES string of the molecule is O=C(c1cc2n(n1)[C@@H](C(F)(F)F)C[C@H](c1cccs1)N2)N1CCCCCC1. The maximum atomic E-state index is 13.7. The number of nitrogens with one attached hydrogen (secondary N) is 1. The topological polar surface area (TPSA) is 50.2 Å². The van der Waals surface area contributed by atoms with Crippen molar-refractivity contribution >= 4 is 23.1 Å². The number of likely N-dealkylation sites (tertiary alicyclic amines) is 1. The number of alkyl halides is 3. The lowest BCUT2D eigenvalue weighted by molar-refractivity contribution is -0.173. The van der Waals surface area contributed by atoms with E-state index in [2.05, 4.69) is 10.4 Å². The zero-order chi connectivity index (χ0) is 19.0. The number of halogens is 3. The van der Waals surface area contributed by atoms with Gasteiger partial charge in [0, 0.05) is 30.5 Å². The molecule has 0 saturated carbocycles. The van der Waals surface area contributed by atoms with Crippen molar-refractivity contribution in [1.29, 1.82) is 0 Å². The molecule has 0 unspecified atom stereocenters. The van der Waals surface area contributed by atoms with Gasteiger partial charge in [-0.2, -0.15) is 18.3 Å². The molecule has 146 valence electrons. The molecule has 1 saturated heterocycles. The third-order valence-electron chi connectivity index (χ3n) is 5.19. The van der Waals surface area contributed by atoms with Crippen LogP contribution in [-0.2, 0) is 0 Å². The van der Waals surface area contributed by atoms with Crippen LogP contribution >= 0.6 is 11.3 Å². The second kappa shape index (κ2) is 7.18. The number of hydrogen-bond acceptors (Lipinski definition) is 4. The lowest BCUT2D eigenvalue weighted by Crippen LogP contribution is -2.36. The maximum absolute atomic E-state index is 13.7. The number of fused-ring (bicyclic) bond motifs is 1. The molecule has 2 aliphatic heterocycles. The second-order valence-corrected chi connectivity index (χ2v) is 8.05. The van der Waals surface area contributed by atoms with Crippen molar-refractivity contribution in [2.45, 2.75) is 50.4 Å². The Labute approximate surface area is 159 Å². The monoisotopic (exact) mass is 398 g/mol. The van der Waals surface area contributed by atoms with Gasteiger partial charge in [0.25, 0.3) is 5.91 Å². The molecule has 0 aromatic carbocycles. The molecule has 1 N–H and O–H groups in total. The van der Waals surface area contributed by atoms with Gasteiger partial charge in [0.1, 0.15) is 5.82 Å². The summed E-state index contributed by atoms with van der Waals surface area (Å²) in [6, 6.07) is 2.93. The van der Waals surface area contributed by atoms with Gasteiger partial charge in [-0.1, -0.05) is 18.9 Å². The van der Waals surface area contributed by atoms with Gasteiger partial charge in [-0.25, -0.2) is 4.68 Å².